The first-order chi connectivity index (χ1) is 14.7. The average Bonchev–Trinajstić information content (AvgIpc) is 2.72. The van der Waals surface area contributed by atoms with Crippen LogP contribution in [0.2, 0.25) is 0 Å². The molecule has 3 aromatic carbocycles. The highest BCUT2D eigenvalue weighted by molar-refractivity contribution is 7.92. The smallest absolute Gasteiger partial charge is 0.245 e. The second-order valence-corrected chi connectivity index (χ2v) is 9.26. The van der Waals surface area contributed by atoms with E-state index < -0.39 is 15.9 Å². The number of sulfonamides is 1. The zero-order valence-electron chi connectivity index (χ0n) is 17.8. The Labute approximate surface area is 183 Å². The van der Waals surface area contributed by atoms with Crippen molar-refractivity contribution in [3.05, 3.63) is 89.5 Å². The van der Waals surface area contributed by atoms with Gasteiger partial charge in [-0.05, 0) is 54.8 Å². The Hall–Kier alpha value is -3.32. The highest BCUT2D eigenvalue weighted by Gasteiger charge is 2.23. The summed E-state index contributed by atoms with van der Waals surface area (Å²) in [5, 5.41) is 2.75. The molecule has 162 valence electrons. The Kier molecular flexibility index (Phi) is 6.97. The lowest BCUT2D eigenvalue weighted by atomic mass is 10.1. The minimum atomic E-state index is -3.64. The van der Waals surface area contributed by atoms with Gasteiger partial charge in [-0.1, -0.05) is 48.5 Å². The number of amides is 1. The summed E-state index contributed by atoms with van der Waals surface area (Å²) in [4.78, 5) is 12.6. The second kappa shape index (κ2) is 9.66. The van der Waals surface area contributed by atoms with Gasteiger partial charge < -0.3 is 10.1 Å². The fourth-order valence-corrected chi connectivity index (χ4v) is 4.24. The molecule has 3 aromatic rings. The molecule has 3 rings (SSSR count). The highest BCUT2D eigenvalue weighted by atomic mass is 32.2. The van der Waals surface area contributed by atoms with E-state index in [0.717, 1.165) is 27.3 Å². The molecular weight excluding hydrogens is 412 g/mol. The van der Waals surface area contributed by atoms with E-state index in [0.29, 0.717) is 23.7 Å². The summed E-state index contributed by atoms with van der Waals surface area (Å²) >= 11 is 0. The molecule has 0 fully saturated rings. The van der Waals surface area contributed by atoms with Crippen molar-refractivity contribution < 1.29 is 17.9 Å². The SMILES string of the molecule is Cc1cccc(C)c1N(CC(=O)Nc1ccc(OCc2ccccc2)cc1)S(C)(=O)=O. The Morgan fingerprint density at radius 3 is 2.10 bits per heavy atom. The van der Waals surface area contributed by atoms with Crippen LogP contribution >= 0.6 is 0 Å². The van der Waals surface area contributed by atoms with Crippen molar-refractivity contribution in [3.8, 4) is 5.75 Å². The quantitative estimate of drug-likeness (QED) is 0.569. The predicted octanol–water partition coefficient (Wildman–Crippen LogP) is 4.29. The molecule has 0 aliphatic carbocycles. The molecule has 31 heavy (non-hydrogen) atoms. The van der Waals surface area contributed by atoms with E-state index >= 15 is 0 Å². The average molecular weight is 439 g/mol. The van der Waals surface area contributed by atoms with Crippen LogP contribution in [-0.4, -0.2) is 27.1 Å². The molecule has 1 amide bonds. The summed E-state index contributed by atoms with van der Waals surface area (Å²) in [7, 11) is -3.64. The summed E-state index contributed by atoms with van der Waals surface area (Å²) in [5.74, 6) is 0.251. The zero-order valence-corrected chi connectivity index (χ0v) is 18.6. The van der Waals surface area contributed by atoms with E-state index in [-0.39, 0.29) is 6.54 Å². The van der Waals surface area contributed by atoms with Crippen molar-refractivity contribution >= 4 is 27.3 Å². The first-order valence-electron chi connectivity index (χ1n) is 9.84. The van der Waals surface area contributed by atoms with Crippen molar-refractivity contribution in [1.82, 2.24) is 0 Å². The molecule has 0 saturated heterocycles. The lowest BCUT2D eigenvalue weighted by molar-refractivity contribution is -0.114. The van der Waals surface area contributed by atoms with Gasteiger partial charge in [-0.2, -0.15) is 0 Å². The molecular formula is C24H26N2O4S. The number of anilines is 2. The first kappa shape index (κ1) is 22.4. The maximum atomic E-state index is 12.6. The summed E-state index contributed by atoms with van der Waals surface area (Å²) < 4.78 is 31.7. The van der Waals surface area contributed by atoms with Gasteiger partial charge >= 0.3 is 0 Å². The van der Waals surface area contributed by atoms with Crippen LogP contribution < -0.4 is 14.4 Å². The van der Waals surface area contributed by atoms with Gasteiger partial charge in [-0.15, -0.1) is 0 Å². The number of nitrogens with one attached hydrogen (secondary N) is 1. The third kappa shape index (κ3) is 6.08. The zero-order chi connectivity index (χ0) is 22.4. The van der Waals surface area contributed by atoms with Crippen LogP contribution in [0.15, 0.2) is 72.8 Å². The van der Waals surface area contributed by atoms with Gasteiger partial charge in [-0.3, -0.25) is 9.10 Å². The lowest BCUT2D eigenvalue weighted by Gasteiger charge is -2.25. The third-order valence-corrected chi connectivity index (χ3v) is 5.88. The minimum absolute atomic E-state index is 0.309. The molecule has 0 saturated carbocycles. The normalized spacial score (nSPS) is 11.1. The van der Waals surface area contributed by atoms with Crippen molar-refractivity contribution in [2.75, 3.05) is 22.4 Å². The van der Waals surface area contributed by atoms with Crippen LogP contribution in [0, 0.1) is 13.8 Å². The van der Waals surface area contributed by atoms with Crippen molar-refractivity contribution in [2.45, 2.75) is 20.5 Å². The van der Waals surface area contributed by atoms with Crippen LogP contribution in [0.3, 0.4) is 0 Å². The topological polar surface area (TPSA) is 75.7 Å². The molecule has 0 aliphatic rings. The Bertz CT molecular complexity index is 1120. The summed E-state index contributed by atoms with van der Waals surface area (Å²) in [5.41, 5.74) is 3.74. The predicted molar refractivity (Wildman–Crippen MR) is 124 cm³/mol. The largest absolute Gasteiger partial charge is 0.489 e. The van der Waals surface area contributed by atoms with E-state index in [1.165, 1.54) is 0 Å². The minimum Gasteiger partial charge on any atom is -0.489 e. The summed E-state index contributed by atoms with van der Waals surface area (Å²) in [6.45, 7) is 3.79. The second-order valence-electron chi connectivity index (χ2n) is 7.36. The lowest BCUT2D eigenvalue weighted by Crippen LogP contribution is -2.38. The maximum absolute atomic E-state index is 12.6. The summed E-state index contributed by atoms with van der Waals surface area (Å²) in [6.07, 6.45) is 1.10. The Morgan fingerprint density at radius 2 is 1.52 bits per heavy atom. The number of carbonyl (C=O) groups is 1. The standard InChI is InChI=1S/C24H26N2O4S/c1-18-8-7-9-19(2)24(18)26(31(3,28)29)16-23(27)25-21-12-14-22(15-13-21)30-17-20-10-5-4-6-11-20/h4-15H,16-17H2,1-3H3,(H,25,27). The van der Waals surface area contributed by atoms with Gasteiger partial charge in [0.15, 0.2) is 0 Å². The number of benzene rings is 3. The number of carbonyl (C=O) groups excluding carboxylic acids is 1. The first-order valence-corrected chi connectivity index (χ1v) is 11.7. The fourth-order valence-electron chi connectivity index (χ4n) is 3.27. The summed E-state index contributed by atoms with van der Waals surface area (Å²) in [6, 6.07) is 22.3. The third-order valence-electron chi connectivity index (χ3n) is 4.76. The van der Waals surface area contributed by atoms with Gasteiger partial charge in [0.1, 0.15) is 18.9 Å². The van der Waals surface area contributed by atoms with Crippen LogP contribution in [-0.2, 0) is 21.4 Å². The number of hydrogen-bond donors (Lipinski definition) is 1. The molecule has 0 heterocycles. The molecule has 0 aliphatic heterocycles. The van der Waals surface area contributed by atoms with Gasteiger partial charge in [0, 0.05) is 5.69 Å². The van der Waals surface area contributed by atoms with Gasteiger partial charge in [0.2, 0.25) is 15.9 Å². The van der Waals surface area contributed by atoms with E-state index in [4.69, 9.17) is 4.74 Å². The number of ether oxygens (including phenoxy) is 1. The fraction of sp³-hybridized carbons (Fsp3) is 0.208. The van der Waals surface area contributed by atoms with E-state index in [1.807, 2.05) is 62.4 Å². The van der Waals surface area contributed by atoms with Gasteiger partial charge in [0.05, 0.1) is 11.9 Å². The Morgan fingerprint density at radius 1 is 0.903 bits per heavy atom. The van der Waals surface area contributed by atoms with Gasteiger partial charge in [0.25, 0.3) is 0 Å². The molecule has 0 unspecified atom stereocenters. The number of nitrogens with zero attached hydrogens (tertiary/aromatic N) is 1. The van der Waals surface area contributed by atoms with Gasteiger partial charge in [-0.25, -0.2) is 8.42 Å². The monoisotopic (exact) mass is 438 g/mol. The number of rotatable bonds is 8. The molecule has 7 heteroatoms. The maximum Gasteiger partial charge on any atom is 0.245 e. The molecule has 6 nitrogen and oxygen atoms in total. The molecule has 0 radical (unpaired) electrons. The van der Waals surface area contributed by atoms with Crippen LogP contribution in [0.1, 0.15) is 16.7 Å². The van der Waals surface area contributed by atoms with Crippen molar-refractivity contribution in [2.24, 2.45) is 0 Å². The van der Waals surface area contributed by atoms with Crippen molar-refractivity contribution in [3.63, 3.8) is 0 Å². The van der Waals surface area contributed by atoms with Crippen LogP contribution in [0.25, 0.3) is 0 Å². The van der Waals surface area contributed by atoms with E-state index in [1.54, 1.807) is 24.3 Å². The molecule has 0 atom stereocenters. The highest BCUT2D eigenvalue weighted by Crippen LogP contribution is 2.26. The molecule has 1 N–H and O–H groups in total. The molecule has 0 bridgehead atoms. The van der Waals surface area contributed by atoms with Crippen molar-refractivity contribution in [1.29, 1.82) is 0 Å². The van der Waals surface area contributed by atoms with E-state index in [9.17, 15) is 13.2 Å². The number of para-hydroxylation sites is 1. The number of aryl methyl sites for hydroxylation is 2. The van der Waals surface area contributed by atoms with Crippen LogP contribution in [0.5, 0.6) is 5.75 Å². The molecule has 0 aromatic heterocycles. The molecule has 0 spiro atoms. The van der Waals surface area contributed by atoms with Crippen LogP contribution in [0.4, 0.5) is 11.4 Å². The Balaban J connectivity index is 1.66. The van der Waals surface area contributed by atoms with E-state index in [2.05, 4.69) is 5.32 Å². The number of hydrogen-bond acceptors (Lipinski definition) is 4.